The maximum Gasteiger partial charge on any atom is 0.515 e. The van der Waals surface area contributed by atoms with Crippen LogP contribution < -0.4 is 4.90 Å². The minimum Gasteiger partial charge on any atom is -0.446 e. The molecule has 2 aromatic rings. The highest BCUT2D eigenvalue weighted by atomic mass is 16.6. The van der Waals surface area contributed by atoms with Gasteiger partial charge in [-0.05, 0) is 26.3 Å². The molecular weight excluding hydrogens is 330 g/mol. The Bertz CT molecular complexity index is 768. The molecule has 0 bridgehead atoms. The number of hydrogen-bond donors (Lipinski definition) is 1. The molecule has 136 valence electrons. The number of hydrogen-bond acceptors (Lipinski definition) is 4. The van der Waals surface area contributed by atoms with Crippen molar-refractivity contribution in [1.29, 1.82) is 0 Å². The second-order valence-electron chi connectivity index (χ2n) is 7.41. The molecule has 26 heavy (non-hydrogen) atoms. The van der Waals surface area contributed by atoms with Crippen molar-refractivity contribution in [2.75, 3.05) is 6.54 Å². The van der Waals surface area contributed by atoms with Crippen molar-refractivity contribution in [3.63, 3.8) is 0 Å². The Labute approximate surface area is 153 Å². The van der Waals surface area contributed by atoms with Gasteiger partial charge in [0.15, 0.2) is 18.7 Å². The van der Waals surface area contributed by atoms with Crippen LogP contribution in [0.4, 0.5) is 4.79 Å². The van der Waals surface area contributed by atoms with Crippen LogP contribution in [0.1, 0.15) is 44.0 Å². The molecule has 5 nitrogen and oxygen atoms in total. The SMILES string of the molecule is CC(C)(C)OC(=O)[NH+]1CC(=O)OC(c2ccccc2)C1c1ccccc1. The number of morpholine rings is 1. The summed E-state index contributed by atoms with van der Waals surface area (Å²) in [6, 6.07) is 18.8. The average Bonchev–Trinajstić information content (AvgIpc) is 2.61. The third-order valence-corrected chi connectivity index (χ3v) is 4.22. The third-order valence-electron chi connectivity index (χ3n) is 4.22. The van der Waals surface area contributed by atoms with Gasteiger partial charge in [0.05, 0.1) is 0 Å². The molecule has 5 heteroatoms. The molecule has 1 amide bonds. The van der Waals surface area contributed by atoms with Gasteiger partial charge in [-0.2, -0.15) is 4.79 Å². The first-order valence-electron chi connectivity index (χ1n) is 8.73. The summed E-state index contributed by atoms with van der Waals surface area (Å²) in [6.45, 7) is 5.40. The highest BCUT2D eigenvalue weighted by molar-refractivity contribution is 5.74. The topological polar surface area (TPSA) is 57.0 Å². The maximum atomic E-state index is 12.9. The Morgan fingerprint density at radius 3 is 2.08 bits per heavy atom. The largest absolute Gasteiger partial charge is 0.515 e. The molecular formula is C21H24NO4+. The van der Waals surface area contributed by atoms with Gasteiger partial charge in [0, 0.05) is 5.56 Å². The zero-order valence-electron chi connectivity index (χ0n) is 15.3. The van der Waals surface area contributed by atoms with Crippen LogP contribution in [0.15, 0.2) is 60.7 Å². The predicted octanol–water partition coefficient (Wildman–Crippen LogP) is 2.85. The molecule has 0 aliphatic carbocycles. The highest BCUT2D eigenvalue weighted by Gasteiger charge is 2.47. The lowest BCUT2D eigenvalue weighted by Gasteiger charge is -2.36. The number of rotatable bonds is 2. The number of quaternary nitrogens is 1. The van der Waals surface area contributed by atoms with Crippen molar-refractivity contribution in [2.45, 2.75) is 38.5 Å². The van der Waals surface area contributed by atoms with Crippen molar-refractivity contribution in [2.24, 2.45) is 0 Å². The van der Waals surface area contributed by atoms with Crippen LogP contribution in [0.3, 0.4) is 0 Å². The molecule has 0 spiro atoms. The van der Waals surface area contributed by atoms with E-state index in [1.807, 2.05) is 81.4 Å². The lowest BCUT2D eigenvalue weighted by Crippen LogP contribution is -3.17. The van der Waals surface area contributed by atoms with Crippen LogP contribution in [-0.2, 0) is 14.3 Å². The Hall–Kier alpha value is -2.66. The molecule has 1 saturated heterocycles. The van der Waals surface area contributed by atoms with Crippen LogP contribution in [0.25, 0.3) is 0 Å². The summed E-state index contributed by atoms with van der Waals surface area (Å²) in [5.41, 5.74) is 1.15. The summed E-state index contributed by atoms with van der Waals surface area (Å²) >= 11 is 0. The number of cyclic esters (lactones) is 1. The average molecular weight is 354 g/mol. The molecule has 1 N–H and O–H groups in total. The second kappa shape index (κ2) is 7.30. The number of amides is 1. The van der Waals surface area contributed by atoms with Crippen molar-refractivity contribution < 1.29 is 24.0 Å². The zero-order chi connectivity index (χ0) is 18.7. The minimum absolute atomic E-state index is 0.0577. The van der Waals surface area contributed by atoms with Crippen LogP contribution in [0.5, 0.6) is 0 Å². The molecule has 1 heterocycles. The van der Waals surface area contributed by atoms with E-state index >= 15 is 0 Å². The van der Waals surface area contributed by atoms with Crippen molar-refractivity contribution in [1.82, 2.24) is 0 Å². The number of carbonyl (C=O) groups excluding carboxylic acids is 2. The summed E-state index contributed by atoms with van der Waals surface area (Å²) < 4.78 is 11.3. The summed E-state index contributed by atoms with van der Waals surface area (Å²) in [6.07, 6.45) is -0.994. The Morgan fingerprint density at radius 1 is 1.00 bits per heavy atom. The molecule has 3 atom stereocenters. The first kappa shape index (κ1) is 18.1. The fraction of sp³-hybridized carbons (Fsp3) is 0.333. The molecule has 3 unspecified atom stereocenters. The van der Waals surface area contributed by atoms with Gasteiger partial charge in [0.1, 0.15) is 5.60 Å². The predicted molar refractivity (Wildman–Crippen MR) is 96.5 cm³/mol. The lowest BCUT2D eigenvalue weighted by molar-refractivity contribution is -0.863. The number of nitrogens with one attached hydrogen (secondary N) is 1. The highest BCUT2D eigenvalue weighted by Crippen LogP contribution is 2.32. The Balaban J connectivity index is 2.03. The zero-order valence-corrected chi connectivity index (χ0v) is 15.3. The fourth-order valence-corrected chi connectivity index (χ4v) is 3.18. The normalized spacial score (nSPS) is 23.2. The molecule has 0 aromatic heterocycles. The first-order valence-corrected chi connectivity index (χ1v) is 8.73. The summed E-state index contributed by atoms with van der Waals surface area (Å²) in [4.78, 5) is 25.5. The van der Waals surface area contributed by atoms with E-state index in [1.54, 1.807) is 0 Å². The van der Waals surface area contributed by atoms with Gasteiger partial charge in [-0.25, -0.2) is 9.69 Å². The van der Waals surface area contributed by atoms with Crippen LogP contribution >= 0.6 is 0 Å². The van der Waals surface area contributed by atoms with Crippen LogP contribution in [0.2, 0.25) is 0 Å². The molecule has 1 fully saturated rings. The number of alkyl carbamates (subject to hydrolysis) is 2. The lowest BCUT2D eigenvalue weighted by atomic mass is 9.93. The fourth-order valence-electron chi connectivity index (χ4n) is 3.18. The van der Waals surface area contributed by atoms with E-state index in [1.165, 1.54) is 0 Å². The van der Waals surface area contributed by atoms with Crippen molar-refractivity contribution >= 4 is 12.1 Å². The van der Waals surface area contributed by atoms with Crippen molar-refractivity contribution in [3.05, 3.63) is 71.8 Å². The molecule has 0 radical (unpaired) electrons. The minimum atomic E-state index is -0.630. The van der Waals surface area contributed by atoms with E-state index < -0.39 is 23.8 Å². The van der Waals surface area contributed by atoms with Gasteiger partial charge in [0.25, 0.3) is 0 Å². The quantitative estimate of drug-likeness (QED) is 0.843. The monoisotopic (exact) mass is 354 g/mol. The molecule has 0 saturated carbocycles. The van der Waals surface area contributed by atoms with E-state index in [0.29, 0.717) is 4.90 Å². The molecule has 2 aromatic carbocycles. The van der Waals surface area contributed by atoms with E-state index in [-0.39, 0.29) is 12.6 Å². The second-order valence-corrected chi connectivity index (χ2v) is 7.41. The Kier molecular flexibility index (Phi) is 5.09. The number of ether oxygens (including phenoxy) is 2. The molecule has 3 rings (SSSR count). The van der Waals surface area contributed by atoms with Gasteiger partial charge < -0.3 is 9.47 Å². The van der Waals surface area contributed by atoms with Gasteiger partial charge in [-0.15, -0.1) is 0 Å². The third kappa shape index (κ3) is 4.11. The van der Waals surface area contributed by atoms with Crippen LogP contribution in [-0.4, -0.2) is 24.2 Å². The smallest absolute Gasteiger partial charge is 0.446 e. The van der Waals surface area contributed by atoms with E-state index in [9.17, 15) is 9.59 Å². The van der Waals surface area contributed by atoms with Crippen LogP contribution in [0, 0.1) is 0 Å². The Morgan fingerprint density at radius 2 is 1.54 bits per heavy atom. The first-order chi connectivity index (χ1) is 12.3. The molecule has 1 aliphatic rings. The van der Waals surface area contributed by atoms with Gasteiger partial charge in [-0.1, -0.05) is 60.7 Å². The number of esters is 1. The van der Waals surface area contributed by atoms with Gasteiger partial charge >= 0.3 is 12.1 Å². The van der Waals surface area contributed by atoms with Crippen molar-refractivity contribution in [3.8, 4) is 0 Å². The van der Waals surface area contributed by atoms with Gasteiger partial charge in [0.2, 0.25) is 0 Å². The van der Waals surface area contributed by atoms with E-state index in [4.69, 9.17) is 9.47 Å². The summed E-state index contributed by atoms with van der Waals surface area (Å²) in [7, 11) is 0. The number of benzene rings is 2. The summed E-state index contributed by atoms with van der Waals surface area (Å²) in [5.74, 6) is -0.410. The maximum absolute atomic E-state index is 12.9. The summed E-state index contributed by atoms with van der Waals surface area (Å²) in [5, 5.41) is 0. The number of carbonyl (C=O) groups is 2. The van der Waals surface area contributed by atoms with Gasteiger partial charge in [-0.3, -0.25) is 0 Å². The molecule has 1 aliphatic heterocycles. The van der Waals surface area contributed by atoms with E-state index in [2.05, 4.69) is 0 Å². The standard InChI is InChI=1S/C21H23NO4/c1-21(2,3)26-20(24)22-14-17(23)25-19(16-12-8-5-9-13-16)18(22)15-10-6-4-7-11-15/h4-13,18-19H,14H2,1-3H3/p+1. The van der Waals surface area contributed by atoms with E-state index in [0.717, 1.165) is 11.1 Å².